The zero-order valence-corrected chi connectivity index (χ0v) is 19.4. The molecular weight excluding hydrogens is 354 g/mol. The van der Waals surface area contributed by atoms with E-state index in [1.807, 2.05) is 0 Å². The largest absolute Gasteiger partial charge is 0.393 e. The fourth-order valence-corrected chi connectivity index (χ4v) is 9.30. The van der Waals surface area contributed by atoms with Crippen LogP contribution in [0.25, 0.3) is 0 Å². The molecule has 0 aromatic carbocycles. The first-order valence-electron chi connectivity index (χ1n) is 12.9. The minimum absolute atomic E-state index is 0.0813. The predicted molar refractivity (Wildman–Crippen MR) is 121 cm³/mol. The fraction of sp³-hybridized carbons (Fsp3) is 0.926. The van der Waals surface area contributed by atoms with Gasteiger partial charge in [-0.1, -0.05) is 39.3 Å². The highest BCUT2D eigenvalue weighted by Crippen LogP contribution is 2.67. The van der Waals surface area contributed by atoms with E-state index in [1.165, 1.54) is 57.9 Å². The lowest BCUT2D eigenvalue weighted by Crippen LogP contribution is -2.52. The maximum Gasteiger partial charge on any atom is 0.0577 e. The number of hydrogen-bond acceptors (Lipinski definition) is 2. The van der Waals surface area contributed by atoms with Crippen molar-refractivity contribution in [1.82, 2.24) is 5.32 Å². The molecule has 0 spiro atoms. The summed E-state index contributed by atoms with van der Waals surface area (Å²) in [5.74, 6) is 5.29. The number of aliphatic hydroxyl groups is 1. The summed E-state index contributed by atoms with van der Waals surface area (Å²) < 4.78 is 0. The Bertz CT molecular complexity index is 649. The van der Waals surface area contributed by atoms with Gasteiger partial charge >= 0.3 is 0 Å². The molecule has 1 heterocycles. The van der Waals surface area contributed by atoms with E-state index in [-0.39, 0.29) is 6.10 Å². The van der Waals surface area contributed by atoms with Crippen LogP contribution < -0.4 is 5.32 Å². The second-order valence-electron chi connectivity index (χ2n) is 12.4. The summed E-state index contributed by atoms with van der Waals surface area (Å²) in [5, 5.41) is 14.2. The van der Waals surface area contributed by atoms with Gasteiger partial charge in [0.1, 0.15) is 0 Å². The SMILES string of the molecule is C[C@H]1CC[C@@H]([C@@H](C)[C@H]2CC[C@@H]3[C@H]4CC=C5C[C@@H](O)CC[C@]5(C)[C@@H]4CC[C@]23C)NC1. The van der Waals surface area contributed by atoms with Gasteiger partial charge in [0.25, 0.3) is 0 Å². The van der Waals surface area contributed by atoms with Gasteiger partial charge in [-0.05, 0) is 117 Å². The molecule has 1 saturated heterocycles. The van der Waals surface area contributed by atoms with Crippen molar-refractivity contribution in [2.75, 3.05) is 6.54 Å². The average Bonchev–Trinajstić information content (AvgIpc) is 3.06. The molecule has 4 aliphatic carbocycles. The fourth-order valence-electron chi connectivity index (χ4n) is 9.30. The van der Waals surface area contributed by atoms with Crippen molar-refractivity contribution in [3.05, 3.63) is 11.6 Å². The normalized spacial score (nSPS) is 53.4. The molecule has 0 unspecified atom stereocenters. The monoisotopic (exact) mass is 399 g/mol. The smallest absolute Gasteiger partial charge is 0.0577 e. The van der Waals surface area contributed by atoms with Crippen molar-refractivity contribution in [1.29, 1.82) is 0 Å². The molecule has 10 atom stereocenters. The van der Waals surface area contributed by atoms with Crippen LogP contribution in [0.4, 0.5) is 0 Å². The number of nitrogens with one attached hydrogen (secondary N) is 1. The Balaban J connectivity index is 1.36. The minimum atomic E-state index is -0.0813. The molecule has 0 radical (unpaired) electrons. The van der Waals surface area contributed by atoms with Crippen LogP contribution in [0.1, 0.15) is 91.9 Å². The van der Waals surface area contributed by atoms with E-state index >= 15 is 0 Å². The predicted octanol–water partition coefficient (Wildman–Crippen LogP) is 5.95. The van der Waals surface area contributed by atoms with Gasteiger partial charge in [-0.15, -0.1) is 0 Å². The molecule has 5 rings (SSSR count). The highest BCUT2D eigenvalue weighted by Gasteiger charge is 2.59. The summed E-state index contributed by atoms with van der Waals surface area (Å²) in [6.07, 6.45) is 15.6. The molecule has 29 heavy (non-hydrogen) atoms. The van der Waals surface area contributed by atoms with Gasteiger partial charge in [-0.3, -0.25) is 0 Å². The Kier molecular flexibility index (Phi) is 5.22. The Hall–Kier alpha value is -0.340. The molecule has 5 aliphatic rings. The summed E-state index contributed by atoms with van der Waals surface area (Å²) in [7, 11) is 0. The first-order valence-corrected chi connectivity index (χ1v) is 12.9. The van der Waals surface area contributed by atoms with Crippen molar-refractivity contribution < 1.29 is 5.11 Å². The topological polar surface area (TPSA) is 32.3 Å². The quantitative estimate of drug-likeness (QED) is 0.562. The van der Waals surface area contributed by atoms with Crippen LogP contribution in [0.5, 0.6) is 0 Å². The maximum atomic E-state index is 10.2. The van der Waals surface area contributed by atoms with Gasteiger partial charge in [0.05, 0.1) is 6.10 Å². The van der Waals surface area contributed by atoms with Crippen molar-refractivity contribution in [3.63, 3.8) is 0 Å². The molecule has 0 bridgehead atoms. The summed E-state index contributed by atoms with van der Waals surface area (Å²) in [5.41, 5.74) is 2.56. The molecule has 2 N–H and O–H groups in total. The number of piperidine rings is 1. The Labute approximate surface area is 179 Å². The van der Waals surface area contributed by atoms with Crippen LogP contribution in [-0.2, 0) is 0 Å². The summed E-state index contributed by atoms with van der Waals surface area (Å²) in [4.78, 5) is 0. The molecule has 0 amide bonds. The average molecular weight is 400 g/mol. The van der Waals surface area contributed by atoms with E-state index in [0.717, 1.165) is 54.4 Å². The lowest BCUT2D eigenvalue weighted by molar-refractivity contribution is -0.0598. The van der Waals surface area contributed by atoms with E-state index in [0.29, 0.717) is 10.8 Å². The van der Waals surface area contributed by atoms with Gasteiger partial charge in [0, 0.05) is 6.04 Å². The summed E-state index contributed by atoms with van der Waals surface area (Å²) in [6, 6.07) is 0.750. The zero-order valence-electron chi connectivity index (χ0n) is 19.4. The molecular formula is C27H45NO. The molecule has 4 fully saturated rings. The highest BCUT2D eigenvalue weighted by atomic mass is 16.3. The minimum Gasteiger partial charge on any atom is -0.393 e. The maximum absolute atomic E-state index is 10.2. The molecule has 3 saturated carbocycles. The second-order valence-corrected chi connectivity index (χ2v) is 12.4. The second kappa shape index (κ2) is 7.37. The molecule has 0 aromatic rings. The van der Waals surface area contributed by atoms with E-state index in [4.69, 9.17) is 0 Å². The molecule has 2 heteroatoms. The van der Waals surface area contributed by atoms with Crippen LogP contribution in [0.3, 0.4) is 0 Å². The Morgan fingerprint density at radius 2 is 1.86 bits per heavy atom. The third-order valence-electron chi connectivity index (χ3n) is 11.1. The van der Waals surface area contributed by atoms with Crippen molar-refractivity contribution >= 4 is 0 Å². The van der Waals surface area contributed by atoms with Crippen molar-refractivity contribution in [3.8, 4) is 0 Å². The van der Waals surface area contributed by atoms with Gasteiger partial charge in [-0.25, -0.2) is 0 Å². The van der Waals surface area contributed by atoms with Crippen molar-refractivity contribution in [2.45, 2.75) is 104 Å². The van der Waals surface area contributed by atoms with Gasteiger partial charge in [-0.2, -0.15) is 0 Å². The van der Waals surface area contributed by atoms with Crippen LogP contribution in [0, 0.1) is 46.3 Å². The van der Waals surface area contributed by atoms with Gasteiger partial charge < -0.3 is 10.4 Å². The zero-order chi connectivity index (χ0) is 20.4. The van der Waals surface area contributed by atoms with E-state index in [2.05, 4.69) is 39.1 Å². The third-order valence-corrected chi connectivity index (χ3v) is 11.1. The highest BCUT2D eigenvalue weighted by molar-refractivity contribution is 5.25. The number of hydrogen-bond donors (Lipinski definition) is 2. The number of fused-ring (bicyclic) bond motifs is 5. The Morgan fingerprint density at radius 1 is 1.03 bits per heavy atom. The van der Waals surface area contributed by atoms with E-state index < -0.39 is 0 Å². The summed E-state index contributed by atoms with van der Waals surface area (Å²) >= 11 is 0. The summed E-state index contributed by atoms with van der Waals surface area (Å²) in [6.45, 7) is 11.5. The molecule has 2 nitrogen and oxygen atoms in total. The first kappa shape index (κ1) is 20.6. The van der Waals surface area contributed by atoms with Gasteiger partial charge in [0.15, 0.2) is 0 Å². The van der Waals surface area contributed by atoms with Gasteiger partial charge in [0.2, 0.25) is 0 Å². The molecule has 0 aromatic heterocycles. The number of aliphatic hydroxyl groups excluding tert-OH is 1. The lowest BCUT2D eigenvalue weighted by Gasteiger charge is -2.58. The Morgan fingerprint density at radius 3 is 2.62 bits per heavy atom. The molecule has 164 valence electrons. The molecule has 1 aliphatic heterocycles. The van der Waals surface area contributed by atoms with Crippen LogP contribution in [0.2, 0.25) is 0 Å². The first-order chi connectivity index (χ1) is 13.8. The van der Waals surface area contributed by atoms with E-state index in [1.54, 1.807) is 5.57 Å². The van der Waals surface area contributed by atoms with E-state index in [9.17, 15) is 5.11 Å². The van der Waals surface area contributed by atoms with Crippen LogP contribution >= 0.6 is 0 Å². The lowest BCUT2D eigenvalue weighted by atomic mass is 9.47. The number of rotatable bonds is 2. The van der Waals surface area contributed by atoms with Crippen molar-refractivity contribution in [2.24, 2.45) is 46.3 Å². The third kappa shape index (κ3) is 3.18. The number of allylic oxidation sites excluding steroid dienone is 1. The van der Waals surface area contributed by atoms with Crippen LogP contribution in [-0.4, -0.2) is 23.8 Å². The standard InChI is InChI=1S/C27H45NO/c1-17-5-10-25(28-16-17)18(2)22-8-9-23-21-7-6-19-15-20(29)11-13-26(19,3)24(21)12-14-27(22,23)4/h6,17-18,20-25,28-29H,5,7-16H2,1-4H3/t17-,18-,20-,21+,22+,23+,24+,25-,26-,27+/m0/s1. The van der Waals surface area contributed by atoms with Crippen LogP contribution in [0.15, 0.2) is 11.6 Å².